The molecule has 0 spiro atoms. The van der Waals surface area contributed by atoms with Crippen LogP contribution < -0.4 is 0 Å². The van der Waals surface area contributed by atoms with E-state index in [1.807, 2.05) is 19.3 Å². The van der Waals surface area contributed by atoms with E-state index >= 15 is 0 Å². The lowest BCUT2D eigenvalue weighted by Crippen LogP contribution is -2.28. The van der Waals surface area contributed by atoms with Gasteiger partial charge in [0.1, 0.15) is 5.82 Å². The predicted molar refractivity (Wildman–Crippen MR) is 65.6 cm³/mol. The molecular weight excluding hydrogens is 214 g/mol. The van der Waals surface area contributed by atoms with Crippen LogP contribution in [0.4, 0.5) is 0 Å². The first kappa shape index (κ1) is 11.2. The van der Waals surface area contributed by atoms with E-state index in [0.29, 0.717) is 5.92 Å². The van der Waals surface area contributed by atoms with Gasteiger partial charge in [-0.3, -0.25) is 0 Å². The van der Waals surface area contributed by atoms with Crippen LogP contribution in [0.2, 0.25) is 0 Å². The molecule has 1 aromatic rings. The molecule has 0 aromatic carbocycles. The minimum absolute atomic E-state index is 0.0417. The average Bonchev–Trinajstić information content (AvgIpc) is 2.96. The highest BCUT2D eigenvalue weighted by Gasteiger charge is 2.41. The summed E-state index contributed by atoms with van der Waals surface area (Å²) in [5, 5.41) is 9.87. The Labute approximate surface area is 102 Å². The molecule has 1 saturated carbocycles. The number of fused-ring (bicyclic) bond motifs is 1. The third kappa shape index (κ3) is 2.11. The Morgan fingerprint density at radius 1 is 1.35 bits per heavy atom. The third-order valence-corrected chi connectivity index (χ3v) is 4.48. The number of aliphatic hydroxyl groups excluding tert-OH is 1. The Kier molecular flexibility index (Phi) is 2.92. The van der Waals surface area contributed by atoms with E-state index in [9.17, 15) is 5.11 Å². The van der Waals surface area contributed by atoms with Crippen LogP contribution in [0.1, 0.15) is 18.7 Å². The molecule has 4 heteroatoms. The van der Waals surface area contributed by atoms with Gasteiger partial charge in [-0.1, -0.05) is 0 Å². The van der Waals surface area contributed by atoms with E-state index in [2.05, 4.69) is 14.5 Å². The van der Waals surface area contributed by atoms with Crippen LogP contribution in [0.3, 0.4) is 0 Å². The molecule has 2 fully saturated rings. The van der Waals surface area contributed by atoms with Crippen LogP contribution in [-0.4, -0.2) is 45.3 Å². The molecular formula is C13H21N3O. The van der Waals surface area contributed by atoms with E-state index in [-0.39, 0.29) is 6.10 Å². The summed E-state index contributed by atoms with van der Waals surface area (Å²) >= 11 is 0. The fourth-order valence-corrected chi connectivity index (χ4v) is 3.40. The van der Waals surface area contributed by atoms with Crippen LogP contribution in [0.15, 0.2) is 12.4 Å². The van der Waals surface area contributed by atoms with E-state index in [1.165, 1.54) is 13.0 Å². The van der Waals surface area contributed by atoms with Crippen LogP contribution in [-0.2, 0) is 6.54 Å². The maximum absolute atomic E-state index is 9.87. The smallest absolute Gasteiger partial charge is 0.105 e. The van der Waals surface area contributed by atoms with Gasteiger partial charge in [0.2, 0.25) is 0 Å². The van der Waals surface area contributed by atoms with Crippen molar-refractivity contribution in [3.8, 4) is 0 Å². The number of imidazole rings is 1. The highest BCUT2D eigenvalue weighted by Crippen LogP contribution is 2.37. The molecule has 94 valence electrons. The molecule has 3 rings (SSSR count). The summed E-state index contributed by atoms with van der Waals surface area (Å²) in [5.41, 5.74) is 0. The fraction of sp³-hybridized carbons (Fsp3) is 0.769. The molecule has 1 aliphatic heterocycles. The minimum Gasteiger partial charge on any atom is -0.393 e. The second-order valence-electron chi connectivity index (χ2n) is 5.50. The summed E-state index contributed by atoms with van der Waals surface area (Å²) in [6.07, 6.45) is 6.09. The first-order valence-corrected chi connectivity index (χ1v) is 6.62. The number of nitrogens with zero attached hydrogens (tertiary/aromatic N) is 3. The monoisotopic (exact) mass is 235 g/mol. The predicted octanol–water partition coefficient (Wildman–Crippen LogP) is 0.894. The highest BCUT2D eigenvalue weighted by atomic mass is 16.3. The number of likely N-dealkylation sites (tertiary alicyclic amines) is 1. The van der Waals surface area contributed by atoms with Gasteiger partial charge in [-0.05, 0) is 25.7 Å². The first-order chi connectivity index (χ1) is 8.24. The zero-order chi connectivity index (χ0) is 11.8. The van der Waals surface area contributed by atoms with Crippen LogP contribution in [0.5, 0.6) is 0 Å². The van der Waals surface area contributed by atoms with Crippen LogP contribution in [0, 0.1) is 18.8 Å². The van der Waals surface area contributed by atoms with Gasteiger partial charge < -0.3 is 14.6 Å². The molecule has 2 aliphatic rings. The third-order valence-electron chi connectivity index (χ3n) is 4.48. The van der Waals surface area contributed by atoms with E-state index in [0.717, 1.165) is 37.8 Å². The molecule has 2 heterocycles. The lowest BCUT2D eigenvalue weighted by molar-refractivity contribution is 0.124. The van der Waals surface area contributed by atoms with Crippen molar-refractivity contribution < 1.29 is 5.11 Å². The van der Waals surface area contributed by atoms with Gasteiger partial charge in [-0.2, -0.15) is 0 Å². The van der Waals surface area contributed by atoms with Crippen molar-refractivity contribution >= 4 is 0 Å². The number of aliphatic hydroxyl groups is 1. The molecule has 3 atom stereocenters. The van der Waals surface area contributed by atoms with Crippen molar-refractivity contribution in [3.63, 3.8) is 0 Å². The molecule has 1 saturated heterocycles. The number of aromatic nitrogens is 2. The summed E-state index contributed by atoms with van der Waals surface area (Å²) in [6.45, 7) is 6.40. The van der Waals surface area contributed by atoms with Crippen molar-refractivity contribution in [2.24, 2.45) is 11.8 Å². The number of hydrogen-bond acceptors (Lipinski definition) is 3. The second-order valence-corrected chi connectivity index (χ2v) is 5.50. The van der Waals surface area contributed by atoms with E-state index < -0.39 is 0 Å². The van der Waals surface area contributed by atoms with Crippen LogP contribution in [0.25, 0.3) is 0 Å². The molecule has 3 unspecified atom stereocenters. The molecule has 0 bridgehead atoms. The number of hydrogen-bond donors (Lipinski definition) is 1. The van der Waals surface area contributed by atoms with Gasteiger partial charge in [0.15, 0.2) is 0 Å². The topological polar surface area (TPSA) is 41.3 Å². The van der Waals surface area contributed by atoms with Gasteiger partial charge in [0.05, 0.1) is 6.10 Å². The maximum Gasteiger partial charge on any atom is 0.105 e. The summed E-state index contributed by atoms with van der Waals surface area (Å²) in [5.74, 6) is 2.37. The Bertz CT molecular complexity index is 390. The zero-order valence-corrected chi connectivity index (χ0v) is 10.4. The molecule has 4 nitrogen and oxygen atoms in total. The Morgan fingerprint density at radius 3 is 2.94 bits per heavy atom. The molecule has 1 N–H and O–H groups in total. The van der Waals surface area contributed by atoms with Crippen molar-refractivity contribution in [3.05, 3.63) is 18.2 Å². The second kappa shape index (κ2) is 4.42. The summed E-state index contributed by atoms with van der Waals surface area (Å²) in [6, 6.07) is 0. The zero-order valence-electron chi connectivity index (χ0n) is 10.4. The SMILES string of the molecule is Cc1nccn1CCN1CC2CCC(O)C2C1. The Hall–Kier alpha value is -0.870. The normalized spacial score (nSPS) is 33.2. The van der Waals surface area contributed by atoms with Crippen molar-refractivity contribution in [2.75, 3.05) is 19.6 Å². The van der Waals surface area contributed by atoms with E-state index in [4.69, 9.17) is 0 Å². The van der Waals surface area contributed by atoms with Gasteiger partial charge in [0.25, 0.3) is 0 Å². The fourth-order valence-electron chi connectivity index (χ4n) is 3.40. The minimum atomic E-state index is -0.0417. The van der Waals surface area contributed by atoms with Crippen molar-refractivity contribution in [2.45, 2.75) is 32.4 Å². The average molecular weight is 235 g/mol. The maximum atomic E-state index is 9.87. The Morgan fingerprint density at radius 2 is 2.24 bits per heavy atom. The van der Waals surface area contributed by atoms with E-state index in [1.54, 1.807) is 0 Å². The van der Waals surface area contributed by atoms with Gasteiger partial charge in [-0.25, -0.2) is 4.98 Å². The number of rotatable bonds is 3. The lowest BCUT2D eigenvalue weighted by atomic mass is 10.00. The van der Waals surface area contributed by atoms with Gasteiger partial charge in [0, 0.05) is 44.5 Å². The molecule has 1 aliphatic carbocycles. The standard InChI is InChI=1S/C13H21N3O/c1-10-14-4-5-16(10)7-6-15-8-11-2-3-13(17)12(11)9-15/h4-5,11-13,17H,2-3,6-9H2,1H3. The summed E-state index contributed by atoms with van der Waals surface area (Å²) < 4.78 is 2.20. The summed E-state index contributed by atoms with van der Waals surface area (Å²) in [7, 11) is 0. The largest absolute Gasteiger partial charge is 0.393 e. The van der Waals surface area contributed by atoms with Gasteiger partial charge in [-0.15, -0.1) is 0 Å². The highest BCUT2D eigenvalue weighted by molar-refractivity contribution is 4.94. The van der Waals surface area contributed by atoms with Crippen LogP contribution >= 0.6 is 0 Å². The quantitative estimate of drug-likeness (QED) is 0.846. The molecule has 1 aromatic heterocycles. The lowest BCUT2D eigenvalue weighted by Gasteiger charge is -2.18. The van der Waals surface area contributed by atoms with Crippen molar-refractivity contribution in [1.29, 1.82) is 0 Å². The molecule has 0 radical (unpaired) electrons. The molecule has 0 amide bonds. The van der Waals surface area contributed by atoms with Crippen molar-refractivity contribution in [1.82, 2.24) is 14.5 Å². The first-order valence-electron chi connectivity index (χ1n) is 6.62. The summed E-state index contributed by atoms with van der Waals surface area (Å²) in [4.78, 5) is 6.73. The Balaban J connectivity index is 1.53. The van der Waals surface area contributed by atoms with Gasteiger partial charge >= 0.3 is 0 Å². The molecule has 17 heavy (non-hydrogen) atoms. The number of aryl methyl sites for hydroxylation is 1.